The van der Waals surface area contributed by atoms with E-state index in [-0.39, 0.29) is 30.2 Å². The summed E-state index contributed by atoms with van der Waals surface area (Å²) in [5.74, 6) is 1.43. The van der Waals surface area contributed by atoms with Gasteiger partial charge >= 0.3 is 0 Å². The third kappa shape index (κ3) is 6.90. The molecule has 1 aromatic heterocycles. The molecule has 4 rings (SSSR count). The lowest BCUT2D eigenvalue weighted by atomic mass is 9.85. The largest absolute Gasteiger partial charge is 0.357 e. The van der Waals surface area contributed by atoms with Crippen LogP contribution in [0.5, 0.6) is 0 Å². The van der Waals surface area contributed by atoms with Crippen LogP contribution >= 0.6 is 0 Å². The average molecular weight is 492 g/mol. The van der Waals surface area contributed by atoms with E-state index < -0.39 is 0 Å². The minimum atomic E-state index is -0.299. The molecule has 8 nitrogen and oxygen atoms in total. The highest BCUT2D eigenvalue weighted by atomic mass is 19.1. The lowest BCUT2D eigenvalue weighted by molar-refractivity contribution is -0.126. The van der Waals surface area contributed by atoms with Crippen LogP contribution in [0.2, 0.25) is 0 Å². The second kappa shape index (κ2) is 12.3. The Morgan fingerprint density at radius 3 is 2.33 bits per heavy atom. The van der Waals surface area contributed by atoms with Crippen LogP contribution in [-0.4, -0.2) is 40.5 Å². The average Bonchev–Trinajstić information content (AvgIpc) is 2.92. The number of hydrogen-bond acceptors (Lipinski definition) is 7. The monoisotopic (exact) mass is 491 g/mol. The lowest BCUT2D eigenvalue weighted by Gasteiger charge is -2.28. The summed E-state index contributed by atoms with van der Waals surface area (Å²) in [5.41, 5.74) is 1.75. The van der Waals surface area contributed by atoms with Crippen molar-refractivity contribution < 1.29 is 9.18 Å². The number of anilines is 3. The van der Waals surface area contributed by atoms with Gasteiger partial charge in [0.15, 0.2) is 0 Å². The number of rotatable bonds is 10. The summed E-state index contributed by atoms with van der Waals surface area (Å²) in [7, 11) is 1.78. The number of carbonyl (C=O) groups is 1. The van der Waals surface area contributed by atoms with Crippen molar-refractivity contribution in [1.82, 2.24) is 20.3 Å². The van der Waals surface area contributed by atoms with Crippen LogP contribution < -0.4 is 21.3 Å². The molecule has 1 fully saturated rings. The number of carbonyl (C=O) groups excluding carboxylic acids is 1. The molecular formula is C27H34FN7O. The minimum absolute atomic E-state index is 0.0200. The number of amides is 1. The van der Waals surface area contributed by atoms with Crippen LogP contribution in [0.25, 0.3) is 0 Å². The molecule has 1 aliphatic rings. The highest BCUT2D eigenvalue weighted by molar-refractivity contribution is 5.78. The van der Waals surface area contributed by atoms with Gasteiger partial charge < -0.3 is 21.3 Å². The molecule has 36 heavy (non-hydrogen) atoms. The third-order valence-electron chi connectivity index (χ3n) is 6.64. The molecule has 0 radical (unpaired) electrons. The van der Waals surface area contributed by atoms with Gasteiger partial charge in [-0.3, -0.25) is 4.79 Å². The normalized spacial score (nSPS) is 18.2. The quantitative estimate of drug-likeness (QED) is 0.330. The standard InChI is InChI=1S/C27H34FN7O/c1-18(19-8-4-3-5-9-19)16-31-26-33-25(29-2)34-27(35-26)32-22-14-12-20(13-15-22)24(36)30-17-21-10-6-7-11-23(21)28/h3-11,18,20,22H,12-17H2,1-2H3,(H,30,36)(H3,29,31,32,33,34,35)/t18-,20-,22+/m0/s1. The Hall–Kier alpha value is -3.75. The fraction of sp³-hybridized carbons (Fsp3) is 0.407. The fourth-order valence-corrected chi connectivity index (χ4v) is 4.43. The zero-order valence-corrected chi connectivity index (χ0v) is 20.8. The minimum Gasteiger partial charge on any atom is -0.357 e. The Morgan fingerprint density at radius 1 is 0.944 bits per heavy atom. The van der Waals surface area contributed by atoms with Crippen molar-refractivity contribution >= 4 is 23.8 Å². The van der Waals surface area contributed by atoms with Gasteiger partial charge in [0.1, 0.15) is 5.82 Å². The van der Waals surface area contributed by atoms with E-state index in [0.717, 1.165) is 25.7 Å². The molecule has 0 unspecified atom stereocenters. The highest BCUT2D eigenvalue weighted by Crippen LogP contribution is 2.27. The number of nitrogens with one attached hydrogen (secondary N) is 4. The summed E-state index contributed by atoms with van der Waals surface area (Å²) in [5, 5.41) is 12.6. The molecular weight excluding hydrogens is 457 g/mol. The van der Waals surface area contributed by atoms with Crippen LogP contribution in [-0.2, 0) is 11.3 Å². The molecule has 3 aromatic rings. The molecule has 1 atom stereocenters. The topological polar surface area (TPSA) is 104 Å². The van der Waals surface area contributed by atoms with E-state index in [0.29, 0.717) is 35.9 Å². The summed E-state index contributed by atoms with van der Waals surface area (Å²) in [4.78, 5) is 26.1. The van der Waals surface area contributed by atoms with E-state index in [2.05, 4.69) is 55.3 Å². The molecule has 1 saturated carbocycles. The molecule has 1 amide bonds. The molecule has 190 valence electrons. The third-order valence-corrected chi connectivity index (χ3v) is 6.64. The number of nitrogens with zero attached hydrogens (tertiary/aromatic N) is 3. The smallest absolute Gasteiger partial charge is 0.229 e. The van der Waals surface area contributed by atoms with E-state index in [4.69, 9.17) is 0 Å². The summed E-state index contributed by atoms with van der Waals surface area (Å²) in [6.07, 6.45) is 3.16. The maximum Gasteiger partial charge on any atom is 0.229 e. The van der Waals surface area contributed by atoms with E-state index in [1.54, 1.807) is 25.2 Å². The van der Waals surface area contributed by atoms with E-state index >= 15 is 0 Å². The Bertz CT molecular complexity index is 1140. The van der Waals surface area contributed by atoms with Crippen molar-refractivity contribution in [2.75, 3.05) is 29.5 Å². The number of aromatic nitrogens is 3. The van der Waals surface area contributed by atoms with Gasteiger partial charge in [0.05, 0.1) is 0 Å². The number of halogens is 1. The Labute approximate surface area is 211 Å². The van der Waals surface area contributed by atoms with Gasteiger partial charge in [0, 0.05) is 37.7 Å². The molecule has 0 spiro atoms. The van der Waals surface area contributed by atoms with Crippen molar-refractivity contribution in [2.45, 2.75) is 51.1 Å². The number of benzene rings is 2. The first kappa shape index (κ1) is 25.3. The Kier molecular flexibility index (Phi) is 8.65. The summed E-state index contributed by atoms with van der Waals surface area (Å²) in [6, 6.07) is 17.0. The molecule has 1 aliphatic carbocycles. The highest BCUT2D eigenvalue weighted by Gasteiger charge is 2.27. The molecule has 0 bridgehead atoms. The SMILES string of the molecule is CNc1nc(NC[C@H](C)c2ccccc2)nc(N[C@H]2CC[C@@H](C(=O)NCc3ccccc3F)CC2)n1. The van der Waals surface area contributed by atoms with Gasteiger partial charge in [0.25, 0.3) is 0 Å². The molecule has 9 heteroatoms. The van der Waals surface area contributed by atoms with Crippen molar-refractivity contribution in [3.8, 4) is 0 Å². The summed E-state index contributed by atoms with van der Waals surface area (Å²) < 4.78 is 13.8. The van der Waals surface area contributed by atoms with Crippen LogP contribution in [0, 0.1) is 11.7 Å². The first-order valence-corrected chi connectivity index (χ1v) is 12.5. The first-order valence-electron chi connectivity index (χ1n) is 12.5. The van der Waals surface area contributed by atoms with E-state index in [1.165, 1.54) is 11.6 Å². The molecule has 0 aliphatic heterocycles. The van der Waals surface area contributed by atoms with Gasteiger partial charge in [-0.2, -0.15) is 15.0 Å². The lowest BCUT2D eigenvalue weighted by Crippen LogP contribution is -2.36. The van der Waals surface area contributed by atoms with Crippen molar-refractivity contribution in [3.05, 3.63) is 71.5 Å². The fourth-order valence-electron chi connectivity index (χ4n) is 4.43. The molecule has 2 aromatic carbocycles. The van der Waals surface area contributed by atoms with Gasteiger partial charge in [0.2, 0.25) is 23.8 Å². The van der Waals surface area contributed by atoms with Crippen molar-refractivity contribution in [1.29, 1.82) is 0 Å². The molecule has 4 N–H and O–H groups in total. The van der Waals surface area contributed by atoms with E-state index in [1.807, 2.05) is 18.2 Å². The zero-order valence-electron chi connectivity index (χ0n) is 20.8. The van der Waals surface area contributed by atoms with Crippen LogP contribution in [0.4, 0.5) is 22.2 Å². The first-order chi connectivity index (χ1) is 17.5. The van der Waals surface area contributed by atoms with Gasteiger partial charge in [-0.05, 0) is 43.2 Å². The number of hydrogen-bond donors (Lipinski definition) is 4. The van der Waals surface area contributed by atoms with Crippen molar-refractivity contribution in [2.24, 2.45) is 5.92 Å². The summed E-state index contributed by atoms with van der Waals surface area (Å²) in [6.45, 7) is 3.07. The van der Waals surface area contributed by atoms with Gasteiger partial charge in [-0.25, -0.2) is 4.39 Å². The Balaban J connectivity index is 1.28. The van der Waals surface area contributed by atoms with Gasteiger partial charge in [-0.15, -0.1) is 0 Å². The molecule has 1 heterocycles. The molecule has 0 saturated heterocycles. The Morgan fingerprint density at radius 2 is 1.61 bits per heavy atom. The van der Waals surface area contributed by atoms with E-state index in [9.17, 15) is 9.18 Å². The maximum absolute atomic E-state index is 13.8. The second-order valence-corrected chi connectivity index (χ2v) is 9.25. The maximum atomic E-state index is 13.8. The predicted molar refractivity (Wildman–Crippen MR) is 140 cm³/mol. The van der Waals surface area contributed by atoms with Crippen LogP contribution in [0.15, 0.2) is 54.6 Å². The van der Waals surface area contributed by atoms with Crippen LogP contribution in [0.3, 0.4) is 0 Å². The van der Waals surface area contributed by atoms with Gasteiger partial charge in [-0.1, -0.05) is 55.5 Å². The second-order valence-electron chi connectivity index (χ2n) is 9.25. The summed E-state index contributed by atoms with van der Waals surface area (Å²) >= 11 is 0. The predicted octanol–water partition coefficient (Wildman–Crippen LogP) is 4.56. The zero-order chi connectivity index (χ0) is 25.3. The van der Waals surface area contributed by atoms with Crippen LogP contribution in [0.1, 0.15) is 49.7 Å². The van der Waals surface area contributed by atoms with Crippen molar-refractivity contribution in [3.63, 3.8) is 0 Å².